The second kappa shape index (κ2) is 3.99. The molecule has 0 radical (unpaired) electrons. The van der Waals surface area contributed by atoms with Gasteiger partial charge in [-0.3, -0.25) is 0 Å². The Morgan fingerprint density at radius 3 is 2.58 bits per heavy atom. The highest BCUT2D eigenvalue weighted by Gasteiger charge is 2.30. The number of rotatable bonds is 3. The van der Waals surface area contributed by atoms with E-state index in [-0.39, 0.29) is 12.1 Å². The molecule has 0 saturated carbocycles. The fourth-order valence-electron chi connectivity index (χ4n) is 1.39. The zero-order valence-corrected chi connectivity index (χ0v) is 8.53. The summed E-state index contributed by atoms with van der Waals surface area (Å²) in [6.45, 7) is 4.03. The third kappa shape index (κ3) is 1.51. The lowest BCUT2D eigenvalue weighted by atomic mass is 10.1. The van der Waals surface area contributed by atoms with Crippen LogP contribution in [0.1, 0.15) is 26.7 Å². The molecule has 1 aliphatic heterocycles. The van der Waals surface area contributed by atoms with Gasteiger partial charge < -0.3 is 4.74 Å². The molecule has 0 spiro atoms. The Morgan fingerprint density at radius 1 is 1.50 bits per heavy atom. The van der Waals surface area contributed by atoms with Crippen molar-refractivity contribution in [3.05, 3.63) is 10.5 Å². The number of carbonyl (C=O) groups is 1. The second-order valence-corrected chi connectivity index (χ2v) is 3.55. The number of esters is 1. The molecule has 3 heteroatoms. The van der Waals surface area contributed by atoms with E-state index in [4.69, 9.17) is 4.74 Å². The minimum absolute atomic E-state index is 0.0300. The second-order valence-electron chi connectivity index (χ2n) is 2.70. The number of hydrogen-bond acceptors (Lipinski definition) is 3. The summed E-state index contributed by atoms with van der Waals surface area (Å²) in [5.41, 5.74) is 0.870. The van der Waals surface area contributed by atoms with Crippen LogP contribution in [0, 0.1) is 0 Å². The van der Waals surface area contributed by atoms with E-state index in [1.165, 1.54) is 0 Å². The quantitative estimate of drug-likeness (QED) is 0.633. The molecular formula is C9H14O2S. The van der Waals surface area contributed by atoms with E-state index in [1.54, 1.807) is 11.8 Å². The molecule has 0 aliphatic carbocycles. The smallest absolute Gasteiger partial charge is 0.335 e. The van der Waals surface area contributed by atoms with E-state index in [9.17, 15) is 4.79 Å². The first kappa shape index (κ1) is 9.65. The lowest BCUT2D eigenvalue weighted by Crippen LogP contribution is -2.08. The Hall–Kier alpha value is -0.440. The molecule has 0 amide bonds. The van der Waals surface area contributed by atoms with E-state index in [2.05, 4.69) is 0 Å². The van der Waals surface area contributed by atoms with Crippen LogP contribution >= 0.6 is 11.8 Å². The van der Waals surface area contributed by atoms with Crippen molar-refractivity contribution in [1.82, 2.24) is 0 Å². The van der Waals surface area contributed by atoms with Crippen molar-refractivity contribution in [2.45, 2.75) is 32.8 Å². The third-order valence-corrected chi connectivity index (χ3v) is 2.98. The van der Waals surface area contributed by atoms with Crippen LogP contribution in [-0.2, 0) is 9.53 Å². The van der Waals surface area contributed by atoms with Gasteiger partial charge >= 0.3 is 5.97 Å². The molecule has 1 aliphatic rings. The maximum Gasteiger partial charge on any atom is 0.335 e. The van der Waals surface area contributed by atoms with Crippen LogP contribution in [0.2, 0.25) is 0 Å². The van der Waals surface area contributed by atoms with Gasteiger partial charge in [0, 0.05) is 4.91 Å². The lowest BCUT2D eigenvalue weighted by Gasteiger charge is -2.08. The van der Waals surface area contributed by atoms with Crippen molar-refractivity contribution in [1.29, 1.82) is 0 Å². The van der Waals surface area contributed by atoms with Gasteiger partial charge in [-0.2, -0.15) is 0 Å². The topological polar surface area (TPSA) is 26.3 Å². The summed E-state index contributed by atoms with van der Waals surface area (Å²) in [5, 5.41) is 0. The van der Waals surface area contributed by atoms with E-state index in [0.717, 1.165) is 23.3 Å². The number of carbonyl (C=O) groups excluding carboxylic acids is 1. The minimum Gasteiger partial charge on any atom is -0.454 e. The van der Waals surface area contributed by atoms with Gasteiger partial charge in [0.15, 0.2) is 0 Å². The van der Waals surface area contributed by atoms with E-state index >= 15 is 0 Å². The van der Waals surface area contributed by atoms with Crippen molar-refractivity contribution >= 4 is 17.7 Å². The maximum atomic E-state index is 11.3. The molecule has 12 heavy (non-hydrogen) atoms. The SMILES string of the molecule is CCC1=C(SC)C(CC)OC1=O. The normalized spacial score (nSPS) is 23.2. The highest BCUT2D eigenvalue weighted by Crippen LogP contribution is 2.33. The molecule has 68 valence electrons. The summed E-state index contributed by atoms with van der Waals surface area (Å²) in [7, 11) is 0. The van der Waals surface area contributed by atoms with Crippen molar-refractivity contribution in [3.63, 3.8) is 0 Å². The Balaban J connectivity index is 2.90. The fourth-order valence-corrected chi connectivity index (χ4v) is 2.34. The lowest BCUT2D eigenvalue weighted by molar-refractivity contribution is -0.139. The Labute approximate surface area is 77.4 Å². The molecule has 1 unspecified atom stereocenters. The van der Waals surface area contributed by atoms with Crippen LogP contribution in [0.5, 0.6) is 0 Å². The van der Waals surface area contributed by atoms with Crippen LogP contribution in [0.25, 0.3) is 0 Å². The summed E-state index contributed by atoms with van der Waals surface area (Å²) in [5.74, 6) is -0.117. The van der Waals surface area contributed by atoms with Crippen LogP contribution in [0.4, 0.5) is 0 Å². The Morgan fingerprint density at radius 2 is 2.17 bits per heavy atom. The van der Waals surface area contributed by atoms with Gasteiger partial charge in [0.1, 0.15) is 6.10 Å². The third-order valence-electron chi connectivity index (χ3n) is 2.03. The summed E-state index contributed by atoms with van der Waals surface area (Å²) >= 11 is 1.64. The molecule has 0 fully saturated rings. The molecule has 0 aromatic heterocycles. The monoisotopic (exact) mass is 186 g/mol. The van der Waals surface area contributed by atoms with Crippen LogP contribution in [-0.4, -0.2) is 18.3 Å². The van der Waals surface area contributed by atoms with Crippen LogP contribution in [0.15, 0.2) is 10.5 Å². The van der Waals surface area contributed by atoms with Gasteiger partial charge in [0.25, 0.3) is 0 Å². The van der Waals surface area contributed by atoms with Gasteiger partial charge in [-0.15, -0.1) is 11.8 Å². The molecule has 0 bridgehead atoms. The number of cyclic esters (lactones) is 1. The summed E-state index contributed by atoms with van der Waals surface area (Å²) in [6, 6.07) is 0. The molecular weight excluding hydrogens is 172 g/mol. The number of ether oxygens (including phenoxy) is 1. The molecule has 0 N–H and O–H groups in total. The fraction of sp³-hybridized carbons (Fsp3) is 0.667. The van der Waals surface area contributed by atoms with Gasteiger partial charge in [-0.1, -0.05) is 13.8 Å². The molecule has 0 saturated heterocycles. The predicted octanol–water partition coefficient (Wildman–Crippen LogP) is 2.35. The first-order valence-corrected chi connectivity index (χ1v) is 5.45. The van der Waals surface area contributed by atoms with Gasteiger partial charge in [-0.25, -0.2) is 4.79 Å². The van der Waals surface area contributed by atoms with Gasteiger partial charge in [0.2, 0.25) is 0 Å². The van der Waals surface area contributed by atoms with E-state index in [0.29, 0.717) is 0 Å². The number of thioether (sulfide) groups is 1. The van der Waals surface area contributed by atoms with Crippen molar-refractivity contribution in [2.24, 2.45) is 0 Å². The van der Waals surface area contributed by atoms with Crippen molar-refractivity contribution in [2.75, 3.05) is 6.26 Å². The number of hydrogen-bond donors (Lipinski definition) is 0. The summed E-state index contributed by atoms with van der Waals surface area (Å²) in [4.78, 5) is 12.4. The highest BCUT2D eigenvalue weighted by molar-refractivity contribution is 8.02. The zero-order chi connectivity index (χ0) is 9.14. The minimum atomic E-state index is -0.117. The predicted molar refractivity (Wildman–Crippen MR) is 51.0 cm³/mol. The summed E-state index contributed by atoms with van der Waals surface area (Å²) in [6.07, 6.45) is 3.69. The van der Waals surface area contributed by atoms with Crippen LogP contribution in [0.3, 0.4) is 0 Å². The largest absolute Gasteiger partial charge is 0.454 e. The Bertz CT molecular complexity index is 221. The molecule has 1 atom stereocenters. The van der Waals surface area contributed by atoms with E-state index in [1.807, 2.05) is 20.1 Å². The maximum absolute atomic E-state index is 11.3. The standard InChI is InChI=1S/C9H14O2S/c1-4-6-8(12-3)7(5-2)11-9(6)10/h7H,4-5H2,1-3H3. The average molecular weight is 186 g/mol. The van der Waals surface area contributed by atoms with Crippen molar-refractivity contribution < 1.29 is 9.53 Å². The van der Waals surface area contributed by atoms with E-state index < -0.39 is 0 Å². The van der Waals surface area contributed by atoms with Crippen LogP contribution < -0.4 is 0 Å². The molecule has 0 aromatic carbocycles. The molecule has 2 nitrogen and oxygen atoms in total. The first-order chi connectivity index (χ1) is 5.74. The first-order valence-electron chi connectivity index (χ1n) is 4.22. The average Bonchev–Trinajstić information content (AvgIpc) is 2.40. The molecule has 0 aromatic rings. The highest BCUT2D eigenvalue weighted by atomic mass is 32.2. The van der Waals surface area contributed by atoms with Crippen molar-refractivity contribution in [3.8, 4) is 0 Å². The van der Waals surface area contributed by atoms with Gasteiger partial charge in [0.05, 0.1) is 5.57 Å². The Kier molecular flexibility index (Phi) is 3.20. The van der Waals surface area contributed by atoms with Gasteiger partial charge in [-0.05, 0) is 19.1 Å². The molecule has 1 heterocycles. The zero-order valence-electron chi connectivity index (χ0n) is 7.72. The summed E-state index contributed by atoms with van der Waals surface area (Å²) < 4.78 is 5.18. The molecule has 1 rings (SSSR count).